The number of fused-ring (bicyclic) bond motifs is 1. The molecule has 3 aromatic rings. The van der Waals surface area contributed by atoms with E-state index in [0.717, 1.165) is 55.2 Å². The molecule has 0 atom stereocenters. The lowest BCUT2D eigenvalue weighted by molar-refractivity contribution is 0.180. The van der Waals surface area contributed by atoms with Crippen molar-refractivity contribution < 1.29 is 9.90 Å². The third kappa shape index (κ3) is 4.28. The predicted molar refractivity (Wildman–Crippen MR) is 114 cm³/mol. The SMILES string of the molecule is O=C(Nc1cccc2ccccc12)N1CCC(CCc2ccc(O)cc2)CC1. The normalized spacial score (nSPS) is 14.9. The van der Waals surface area contributed by atoms with Gasteiger partial charge in [-0.25, -0.2) is 4.79 Å². The van der Waals surface area contributed by atoms with Gasteiger partial charge in [0.05, 0.1) is 5.69 Å². The van der Waals surface area contributed by atoms with E-state index >= 15 is 0 Å². The molecule has 4 rings (SSSR count). The van der Waals surface area contributed by atoms with Crippen LogP contribution in [0.3, 0.4) is 0 Å². The molecule has 28 heavy (non-hydrogen) atoms. The van der Waals surface area contributed by atoms with Crippen LogP contribution in [-0.2, 0) is 6.42 Å². The number of amides is 2. The summed E-state index contributed by atoms with van der Waals surface area (Å²) in [6.07, 6.45) is 4.23. The van der Waals surface area contributed by atoms with E-state index < -0.39 is 0 Å². The Morgan fingerprint density at radius 3 is 2.46 bits per heavy atom. The average molecular weight is 374 g/mol. The maximum atomic E-state index is 12.7. The minimum atomic E-state index is -0.00617. The second-order valence-corrected chi connectivity index (χ2v) is 7.59. The fourth-order valence-electron chi connectivity index (χ4n) is 3.99. The highest BCUT2D eigenvalue weighted by molar-refractivity contribution is 6.01. The fraction of sp³-hybridized carbons (Fsp3) is 0.292. The maximum Gasteiger partial charge on any atom is 0.321 e. The maximum absolute atomic E-state index is 12.7. The van der Waals surface area contributed by atoms with Crippen LogP contribution >= 0.6 is 0 Å². The Kier molecular flexibility index (Phi) is 5.47. The molecule has 1 saturated heterocycles. The van der Waals surface area contributed by atoms with Crippen molar-refractivity contribution in [2.24, 2.45) is 5.92 Å². The van der Waals surface area contributed by atoms with Gasteiger partial charge in [0.25, 0.3) is 0 Å². The van der Waals surface area contributed by atoms with Gasteiger partial charge in [-0.3, -0.25) is 0 Å². The van der Waals surface area contributed by atoms with Crippen LogP contribution < -0.4 is 5.32 Å². The van der Waals surface area contributed by atoms with Gasteiger partial charge in [0, 0.05) is 18.5 Å². The van der Waals surface area contributed by atoms with Gasteiger partial charge in [-0.1, -0.05) is 48.5 Å². The number of piperidine rings is 1. The summed E-state index contributed by atoms with van der Waals surface area (Å²) in [5.74, 6) is 0.963. The van der Waals surface area contributed by atoms with Crippen molar-refractivity contribution in [1.82, 2.24) is 4.90 Å². The van der Waals surface area contributed by atoms with Crippen LogP contribution in [0.25, 0.3) is 10.8 Å². The van der Waals surface area contributed by atoms with Gasteiger partial charge in [-0.2, -0.15) is 0 Å². The number of anilines is 1. The second kappa shape index (κ2) is 8.34. The number of carbonyl (C=O) groups excluding carboxylic acids is 1. The van der Waals surface area contributed by atoms with Crippen LogP contribution in [0.4, 0.5) is 10.5 Å². The number of nitrogens with zero attached hydrogens (tertiary/aromatic N) is 1. The van der Waals surface area contributed by atoms with E-state index in [1.165, 1.54) is 5.56 Å². The molecule has 0 aromatic heterocycles. The number of rotatable bonds is 4. The summed E-state index contributed by atoms with van der Waals surface area (Å²) in [6, 6.07) is 21.6. The van der Waals surface area contributed by atoms with Crippen molar-refractivity contribution in [2.45, 2.75) is 25.7 Å². The lowest BCUT2D eigenvalue weighted by Crippen LogP contribution is -2.41. The van der Waals surface area contributed by atoms with Crippen molar-refractivity contribution in [2.75, 3.05) is 18.4 Å². The molecule has 0 radical (unpaired) electrons. The summed E-state index contributed by atoms with van der Waals surface area (Å²) in [6.45, 7) is 1.60. The smallest absolute Gasteiger partial charge is 0.321 e. The second-order valence-electron chi connectivity index (χ2n) is 7.59. The van der Waals surface area contributed by atoms with Crippen LogP contribution in [0, 0.1) is 5.92 Å². The number of hydrogen-bond acceptors (Lipinski definition) is 2. The third-order valence-electron chi connectivity index (χ3n) is 5.71. The monoisotopic (exact) mass is 374 g/mol. The molecular formula is C24H26N2O2. The van der Waals surface area contributed by atoms with Crippen molar-refractivity contribution >= 4 is 22.5 Å². The number of carbonyl (C=O) groups is 1. The zero-order chi connectivity index (χ0) is 19.3. The molecule has 0 unspecified atom stereocenters. The zero-order valence-corrected chi connectivity index (χ0v) is 16.0. The van der Waals surface area contributed by atoms with Crippen LogP contribution in [0.1, 0.15) is 24.8 Å². The largest absolute Gasteiger partial charge is 0.508 e. The predicted octanol–water partition coefficient (Wildman–Crippen LogP) is 5.42. The summed E-state index contributed by atoms with van der Waals surface area (Å²) in [5, 5.41) is 14.7. The number of hydrogen-bond donors (Lipinski definition) is 2. The molecule has 4 nitrogen and oxygen atoms in total. The standard InChI is InChI=1S/C24H26N2O2/c27-21-12-10-18(11-13-21)8-9-19-14-16-26(17-15-19)24(28)25-23-7-3-5-20-4-1-2-6-22(20)23/h1-7,10-13,19,27H,8-9,14-17H2,(H,25,28). The number of likely N-dealkylation sites (tertiary alicyclic amines) is 1. The summed E-state index contributed by atoms with van der Waals surface area (Å²) in [4.78, 5) is 14.6. The quantitative estimate of drug-likeness (QED) is 0.640. The zero-order valence-electron chi connectivity index (χ0n) is 16.0. The van der Waals surface area contributed by atoms with Crippen LogP contribution in [0.5, 0.6) is 5.75 Å². The summed E-state index contributed by atoms with van der Waals surface area (Å²) in [7, 11) is 0. The molecule has 1 fully saturated rings. The Bertz CT molecular complexity index is 939. The molecule has 2 amide bonds. The minimum absolute atomic E-state index is 0.00617. The van der Waals surface area contributed by atoms with Gasteiger partial charge >= 0.3 is 6.03 Å². The van der Waals surface area contributed by atoms with Crippen LogP contribution in [0.2, 0.25) is 0 Å². The van der Waals surface area contributed by atoms with Crippen molar-refractivity contribution in [3.8, 4) is 5.75 Å². The molecule has 0 aliphatic carbocycles. The number of aryl methyl sites for hydroxylation is 1. The summed E-state index contributed by atoms with van der Waals surface area (Å²) in [5.41, 5.74) is 2.13. The number of aromatic hydroxyl groups is 1. The molecule has 1 heterocycles. The Hall–Kier alpha value is -3.01. The van der Waals surface area contributed by atoms with Crippen LogP contribution in [-0.4, -0.2) is 29.1 Å². The minimum Gasteiger partial charge on any atom is -0.508 e. The van der Waals surface area contributed by atoms with E-state index in [1.54, 1.807) is 12.1 Å². The summed E-state index contributed by atoms with van der Waals surface area (Å²) >= 11 is 0. The van der Waals surface area contributed by atoms with E-state index in [1.807, 2.05) is 47.4 Å². The van der Waals surface area contributed by atoms with Gasteiger partial charge < -0.3 is 15.3 Å². The lowest BCUT2D eigenvalue weighted by Gasteiger charge is -2.32. The van der Waals surface area contributed by atoms with Gasteiger partial charge in [-0.15, -0.1) is 0 Å². The van der Waals surface area contributed by atoms with E-state index in [2.05, 4.69) is 17.4 Å². The summed E-state index contributed by atoms with van der Waals surface area (Å²) < 4.78 is 0. The van der Waals surface area contributed by atoms with Crippen molar-refractivity contribution in [1.29, 1.82) is 0 Å². The highest BCUT2D eigenvalue weighted by atomic mass is 16.3. The Labute approximate surface area is 165 Å². The van der Waals surface area contributed by atoms with Gasteiger partial charge in [0.15, 0.2) is 0 Å². The first-order valence-electron chi connectivity index (χ1n) is 10.0. The average Bonchev–Trinajstić information content (AvgIpc) is 2.74. The number of phenolic OH excluding ortho intramolecular Hbond substituents is 1. The molecule has 1 aliphatic heterocycles. The van der Waals surface area contributed by atoms with E-state index in [0.29, 0.717) is 11.7 Å². The Morgan fingerprint density at radius 2 is 1.68 bits per heavy atom. The third-order valence-corrected chi connectivity index (χ3v) is 5.71. The van der Waals surface area contributed by atoms with Crippen molar-refractivity contribution in [3.63, 3.8) is 0 Å². The molecular weight excluding hydrogens is 348 g/mol. The Balaban J connectivity index is 1.29. The molecule has 3 aromatic carbocycles. The highest BCUT2D eigenvalue weighted by Gasteiger charge is 2.23. The fourth-order valence-corrected chi connectivity index (χ4v) is 3.99. The first-order chi connectivity index (χ1) is 13.7. The number of benzene rings is 3. The lowest BCUT2D eigenvalue weighted by atomic mass is 9.90. The molecule has 0 bridgehead atoms. The van der Waals surface area contributed by atoms with E-state index in [9.17, 15) is 9.90 Å². The van der Waals surface area contributed by atoms with E-state index in [4.69, 9.17) is 0 Å². The molecule has 2 N–H and O–H groups in total. The molecule has 0 spiro atoms. The number of phenols is 1. The molecule has 1 aliphatic rings. The number of nitrogens with one attached hydrogen (secondary N) is 1. The topological polar surface area (TPSA) is 52.6 Å². The van der Waals surface area contributed by atoms with Crippen LogP contribution in [0.15, 0.2) is 66.7 Å². The van der Waals surface area contributed by atoms with Gasteiger partial charge in [-0.05, 0) is 60.7 Å². The molecule has 4 heteroatoms. The van der Waals surface area contributed by atoms with E-state index in [-0.39, 0.29) is 6.03 Å². The van der Waals surface area contributed by atoms with Gasteiger partial charge in [0.2, 0.25) is 0 Å². The van der Waals surface area contributed by atoms with Crippen molar-refractivity contribution in [3.05, 3.63) is 72.3 Å². The number of urea groups is 1. The van der Waals surface area contributed by atoms with Gasteiger partial charge in [0.1, 0.15) is 5.75 Å². The first-order valence-corrected chi connectivity index (χ1v) is 10.0. The molecule has 144 valence electrons. The highest BCUT2D eigenvalue weighted by Crippen LogP contribution is 2.26. The molecule has 0 saturated carbocycles. The Morgan fingerprint density at radius 1 is 0.964 bits per heavy atom. The first kappa shape index (κ1) is 18.4.